The summed E-state index contributed by atoms with van der Waals surface area (Å²) in [5, 5.41) is 28.9. The van der Waals surface area contributed by atoms with Gasteiger partial charge in [0.2, 0.25) is 0 Å². The van der Waals surface area contributed by atoms with Gasteiger partial charge in [0.05, 0.1) is 24.5 Å². The number of rotatable bonds is 9. The zero-order chi connectivity index (χ0) is 37.3. The minimum atomic E-state index is -0.595. The minimum absolute atomic E-state index is 0.00937. The van der Waals surface area contributed by atoms with Crippen LogP contribution in [0.4, 0.5) is 4.79 Å². The Hall–Kier alpha value is -5.98. The fourth-order valence-corrected chi connectivity index (χ4v) is 6.68. The number of carbonyl (C=O) groups excluding carboxylic acids is 2. The summed E-state index contributed by atoms with van der Waals surface area (Å²) in [6.45, 7) is 11.2. The minimum Gasteiger partial charge on any atom is -0.508 e. The van der Waals surface area contributed by atoms with Crippen LogP contribution in [0.2, 0.25) is 0 Å². The molecule has 0 bridgehead atoms. The molecule has 2 amide bonds. The number of amides is 2. The summed E-state index contributed by atoms with van der Waals surface area (Å²) < 4.78 is 9.23. The molecule has 0 saturated carbocycles. The summed E-state index contributed by atoms with van der Waals surface area (Å²) in [4.78, 5) is 33.5. The van der Waals surface area contributed by atoms with Crippen molar-refractivity contribution in [2.45, 2.75) is 65.1 Å². The quantitative estimate of drug-likeness (QED) is 0.168. The van der Waals surface area contributed by atoms with Gasteiger partial charge in [-0.2, -0.15) is 0 Å². The number of piperazine rings is 1. The van der Waals surface area contributed by atoms with Crippen LogP contribution in [-0.4, -0.2) is 93.7 Å². The number of aromatic amines is 1. The normalized spacial score (nSPS) is 14.7. The average Bonchev–Trinajstić information content (AvgIpc) is 3.93. The Bertz CT molecular complexity index is 2220. The van der Waals surface area contributed by atoms with Crippen molar-refractivity contribution in [3.8, 4) is 28.3 Å². The van der Waals surface area contributed by atoms with Gasteiger partial charge in [-0.25, -0.2) is 14.2 Å². The van der Waals surface area contributed by atoms with Crippen molar-refractivity contribution in [2.24, 2.45) is 0 Å². The highest BCUT2D eigenvalue weighted by molar-refractivity contribution is 5.97. The summed E-state index contributed by atoms with van der Waals surface area (Å²) >= 11 is 0. The molecule has 3 aromatic carbocycles. The fourth-order valence-electron chi connectivity index (χ4n) is 6.68. The Kier molecular flexibility index (Phi) is 9.74. The number of phenolic OH excluding ortho intramolecular Hbond substituents is 1. The van der Waals surface area contributed by atoms with Gasteiger partial charge < -0.3 is 24.6 Å². The molecule has 3 aromatic heterocycles. The highest BCUT2D eigenvalue weighted by Crippen LogP contribution is 2.30. The van der Waals surface area contributed by atoms with Gasteiger partial charge in [0, 0.05) is 60.0 Å². The summed E-state index contributed by atoms with van der Waals surface area (Å²) in [6, 6.07) is 21.1. The first-order valence-corrected chi connectivity index (χ1v) is 18.0. The van der Waals surface area contributed by atoms with Crippen LogP contribution >= 0.6 is 0 Å². The maximum absolute atomic E-state index is 14.1. The molecule has 1 aliphatic rings. The molecule has 13 nitrogen and oxygen atoms in total. The zero-order valence-corrected chi connectivity index (χ0v) is 30.7. The Morgan fingerprint density at radius 2 is 1.40 bits per heavy atom. The van der Waals surface area contributed by atoms with Crippen molar-refractivity contribution in [1.29, 1.82) is 0 Å². The van der Waals surface area contributed by atoms with E-state index in [0.29, 0.717) is 49.6 Å². The second kappa shape index (κ2) is 14.6. The van der Waals surface area contributed by atoms with E-state index in [1.54, 1.807) is 21.9 Å². The van der Waals surface area contributed by atoms with Gasteiger partial charge in [0.15, 0.2) is 0 Å². The summed E-state index contributed by atoms with van der Waals surface area (Å²) in [5.74, 6) is 0.0773. The number of nitrogens with one attached hydrogen (secondary N) is 1. The standard InChI is InChI=1S/C40H45N9O4/c1-26(18-28-10-12-33(50)13-11-28)48-24-36(42-44-48)29-20-30(22-31(21-29)38(51)46-14-16-47(17-15-46)39(52)53-40(3,4)5)37-25-49(45-43-37)27(2)19-32-23-41-35-9-7-6-8-34(32)35/h6-13,20-27,41,50H,14-19H2,1-5H3/t26-,27-/m1/s1. The molecule has 13 heteroatoms. The monoisotopic (exact) mass is 715 g/mol. The number of nitrogens with zero attached hydrogens (tertiary/aromatic N) is 8. The molecule has 0 spiro atoms. The predicted octanol–water partition coefficient (Wildman–Crippen LogP) is 6.69. The van der Waals surface area contributed by atoms with Crippen LogP contribution in [0.15, 0.2) is 85.3 Å². The van der Waals surface area contributed by atoms with Crippen LogP contribution in [0.25, 0.3) is 33.4 Å². The van der Waals surface area contributed by atoms with E-state index in [9.17, 15) is 14.7 Å². The molecule has 0 aliphatic carbocycles. The first kappa shape index (κ1) is 35.4. The Morgan fingerprint density at radius 3 is 2.02 bits per heavy atom. The van der Waals surface area contributed by atoms with Crippen LogP contribution in [0, 0.1) is 0 Å². The van der Waals surface area contributed by atoms with Gasteiger partial charge in [-0.05, 0) is 95.0 Å². The third-order valence-electron chi connectivity index (χ3n) is 9.57. The Balaban J connectivity index is 1.15. The Labute approximate surface area is 308 Å². The molecular weight excluding hydrogens is 670 g/mol. The van der Waals surface area contributed by atoms with Crippen LogP contribution < -0.4 is 0 Å². The van der Waals surface area contributed by atoms with Crippen molar-refractivity contribution in [3.63, 3.8) is 0 Å². The van der Waals surface area contributed by atoms with Gasteiger partial charge in [0.1, 0.15) is 22.7 Å². The average molecular weight is 716 g/mol. The molecule has 1 aliphatic heterocycles. The molecule has 274 valence electrons. The van der Waals surface area contributed by atoms with Crippen molar-refractivity contribution >= 4 is 22.9 Å². The number of phenols is 1. The number of aromatic hydroxyl groups is 1. The van der Waals surface area contributed by atoms with Gasteiger partial charge >= 0.3 is 6.09 Å². The molecule has 1 saturated heterocycles. The lowest BCUT2D eigenvalue weighted by atomic mass is 10.0. The molecule has 0 unspecified atom stereocenters. The van der Waals surface area contributed by atoms with Gasteiger partial charge in [-0.3, -0.25) is 4.79 Å². The lowest BCUT2D eigenvalue weighted by Crippen LogP contribution is -2.51. The molecule has 6 aromatic rings. The highest BCUT2D eigenvalue weighted by Gasteiger charge is 2.29. The second-order valence-electron chi connectivity index (χ2n) is 14.9. The molecule has 4 heterocycles. The Morgan fingerprint density at radius 1 is 0.811 bits per heavy atom. The van der Waals surface area contributed by atoms with Crippen LogP contribution in [0.1, 0.15) is 68.2 Å². The number of para-hydroxylation sites is 1. The molecule has 7 rings (SSSR count). The maximum atomic E-state index is 14.1. The number of fused-ring (bicyclic) bond motifs is 1. The summed E-state index contributed by atoms with van der Waals surface area (Å²) in [6.07, 6.45) is 6.94. The van der Waals surface area contributed by atoms with E-state index in [1.165, 1.54) is 10.9 Å². The number of ether oxygens (including phenoxy) is 1. The molecule has 53 heavy (non-hydrogen) atoms. The zero-order valence-electron chi connectivity index (χ0n) is 30.7. The van der Waals surface area contributed by atoms with Crippen molar-refractivity contribution in [1.82, 2.24) is 44.8 Å². The molecule has 2 N–H and O–H groups in total. The van der Waals surface area contributed by atoms with Crippen LogP contribution in [0.5, 0.6) is 5.75 Å². The summed E-state index contributed by atoms with van der Waals surface area (Å²) in [5.41, 5.74) is 5.96. The van der Waals surface area contributed by atoms with Crippen molar-refractivity contribution in [2.75, 3.05) is 26.2 Å². The number of benzene rings is 3. The molecule has 2 atom stereocenters. The largest absolute Gasteiger partial charge is 0.508 e. The van der Waals surface area contributed by atoms with E-state index in [2.05, 4.69) is 51.6 Å². The number of hydrogen-bond acceptors (Lipinski definition) is 8. The lowest BCUT2D eigenvalue weighted by Gasteiger charge is -2.35. The third-order valence-corrected chi connectivity index (χ3v) is 9.57. The number of hydrogen-bond donors (Lipinski definition) is 2. The topological polar surface area (TPSA) is 147 Å². The third kappa shape index (κ3) is 8.09. The van der Waals surface area contributed by atoms with Gasteiger partial charge in [0.25, 0.3) is 5.91 Å². The first-order chi connectivity index (χ1) is 25.4. The predicted molar refractivity (Wildman–Crippen MR) is 201 cm³/mol. The van der Waals surface area contributed by atoms with Crippen molar-refractivity contribution < 1.29 is 19.4 Å². The number of carbonyl (C=O) groups is 2. The maximum Gasteiger partial charge on any atom is 0.410 e. The van der Waals surface area contributed by atoms with E-state index < -0.39 is 5.60 Å². The highest BCUT2D eigenvalue weighted by atomic mass is 16.6. The first-order valence-electron chi connectivity index (χ1n) is 18.0. The molecule has 0 radical (unpaired) electrons. The van der Waals surface area contributed by atoms with Gasteiger partial charge in [-0.15, -0.1) is 10.2 Å². The van der Waals surface area contributed by atoms with E-state index in [-0.39, 0.29) is 29.8 Å². The van der Waals surface area contributed by atoms with E-state index >= 15 is 0 Å². The number of H-pyrrole nitrogens is 1. The van der Waals surface area contributed by atoms with Gasteiger partial charge in [-0.1, -0.05) is 40.8 Å². The smallest absolute Gasteiger partial charge is 0.410 e. The fraction of sp³-hybridized carbons (Fsp3) is 0.350. The summed E-state index contributed by atoms with van der Waals surface area (Å²) in [7, 11) is 0. The SMILES string of the molecule is C[C@H](Cc1ccc(O)cc1)n1cc(-c2cc(C(=O)N3CCN(C(=O)OC(C)(C)C)CC3)cc(-c3cn([C@H](C)Cc4c[nH]c5ccccc45)nn3)c2)nn1. The van der Waals surface area contributed by atoms with Crippen molar-refractivity contribution in [3.05, 3.63) is 102 Å². The molecular formula is C40H45N9O4. The lowest BCUT2D eigenvalue weighted by molar-refractivity contribution is 0.0141. The second-order valence-corrected chi connectivity index (χ2v) is 14.9. The van der Waals surface area contributed by atoms with Crippen LogP contribution in [0.3, 0.4) is 0 Å². The number of aromatic nitrogens is 7. The molecule has 1 fully saturated rings. The van der Waals surface area contributed by atoms with Crippen LogP contribution in [-0.2, 0) is 17.6 Å². The van der Waals surface area contributed by atoms with E-state index in [0.717, 1.165) is 28.6 Å². The van der Waals surface area contributed by atoms with E-state index in [4.69, 9.17) is 4.74 Å². The van der Waals surface area contributed by atoms with E-state index in [1.807, 2.05) is 91.2 Å².